The number of carboxylic acid groups (broad SMARTS) is 1. The molecule has 76 valence electrons. The maximum atomic E-state index is 10.9. The van der Waals surface area contributed by atoms with E-state index < -0.39 is 5.97 Å². The van der Waals surface area contributed by atoms with E-state index in [0.29, 0.717) is 10.7 Å². The van der Waals surface area contributed by atoms with Crippen molar-refractivity contribution < 1.29 is 9.90 Å². The van der Waals surface area contributed by atoms with Gasteiger partial charge in [0, 0.05) is 6.20 Å². The molecule has 1 aromatic rings. The zero-order valence-electron chi connectivity index (χ0n) is 8.34. The number of pyridine rings is 1. The molecule has 0 aromatic carbocycles. The number of rotatable bonds is 1. The summed E-state index contributed by atoms with van der Waals surface area (Å²) >= 11 is 5.72. The van der Waals surface area contributed by atoms with Crippen molar-refractivity contribution in [1.29, 1.82) is 0 Å². The summed E-state index contributed by atoms with van der Waals surface area (Å²) in [5.41, 5.74) is 0.659. The molecule has 0 unspecified atom stereocenters. The van der Waals surface area contributed by atoms with Crippen molar-refractivity contribution in [2.24, 2.45) is 0 Å². The number of hydrogen-bond acceptors (Lipinski definition) is 2. The summed E-state index contributed by atoms with van der Waals surface area (Å²) < 4.78 is 0. The van der Waals surface area contributed by atoms with Crippen LogP contribution in [-0.2, 0) is 5.41 Å². The lowest BCUT2D eigenvalue weighted by molar-refractivity contribution is 0.0693. The summed E-state index contributed by atoms with van der Waals surface area (Å²) in [6, 6.07) is 1.60. The van der Waals surface area contributed by atoms with E-state index in [4.69, 9.17) is 16.7 Å². The molecule has 1 rings (SSSR count). The van der Waals surface area contributed by atoms with Crippen LogP contribution in [0, 0.1) is 0 Å². The SMILES string of the molecule is CC(C)(C)c1cc(Cl)ncc1C(=O)O. The molecule has 1 N–H and O–H groups in total. The van der Waals surface area contributed by atoms with Gasteiger partial charge in [0.1, 0.15) is 5.15 Å². The molecule has 0 amide bonds. The Balaban J connectivity index is 3.38. The maximum absolute atomic E-state index is 10.9. The topological polar surface area (TPSA) is 50.2 Å². The van der Waals surface area contributed by atoms with Gasteiger partial charge in [-0.1, -0.05) is 32.4 Å². The highest BCUT2D eigenvalue weighted by atomic mass is 35.5. The lowest BCUT2D eigenvalue weighted by atomic mass is 9.85. The molecule has 0 aliphatic carbocycles. The average Bonchev–Trinajstić information content (AvgIpc) is 2.01. The van der Waals surface area contributed by atoms with E-state index in [0.717, 1.165) is 0 Å². The molecule has 0 fully saturated rings. The van der Waals surface area contributed by atoms with Gasteiger partial charge in [-0.15, -0.1) is 0 Å². The highest BCUT2D eigenvalue weighted by Gasteiger charge is 2.22. The molecule has 0 saturated carbocycles. The molecule has 1 heterocycles. The van der Waals surface area contributed by atoms with Crippen LogP contribution in [0.15, 0.2) is 12.3 Å². The normalized spacial score (nSPS) is 11.4. The number of halogens is 1. The third-order valence-electron chi connectivity index (χ3n) is 1.91. The van der Waals surface area contributed by atoms with Crippen LogP contribution in [0.2, 0.25) is 5.15 Å². The molecule has 4 heteroatoms. The monoisotopic (exact) mass is 213 g/mol. The summed E-state index contributed by atoms with van der Waals surface area (Å²) in [6.45, 7) is 5.81. The van der Waals surface area contributed by atoms with E-state index in [-0.39, 0.29) is 11.0 Å². The van der Waals surface area contributed by atoms with Crippen LogP contribution in [0.1, 0.15) is 36.7 Å². The van der Waals surface area contributed by atoms with Gasteiger partial charge in [0.15, 0.2) is 0 Å². The summed E-state index contributed by atoms with van der Waals surface area (Å²) in [6.07, 6.45) is 1.30. The molecule has 0 saturated heterocycles. The van der Waals surface area contributed by atoms with E-state index in [2.05, 4.69) is 4.98 Å². The van der Waals surface area contributed by atoms with Crippen LogP contribution in [0.4, 0.5) is 0 Å². The second kappa shape index (κ2) is 3.58. The third kappa shape index (κ3) is 2.23. The number of aromatic carboxylic acids is 1. The predicted molar refractivity (Wildman–Crippen MR) is 54.9 cm³/mol. The molecular formula is C10H12ClNO2. The predicted octanol–water partition coefficient (Wildman–Crippen LogP) is 2.73. The van der Waals surface area contributed by atoms with Gasteiger partial charge < -0.3 is 5.11 Å². The van der Waals surface area contributed by atoms with Crippen LogP contribution in [0.3, 0.4) is 0 Å². The zero-order chi connectivity index (χ0) is 10.9. The molecule has 0 spiro atoms. The van der Waals surface area contributed by atoms with Crippen molar-refractivity contribution in [2.75, 3.05) is 0 Å². The summed E-state index contributed by atoms with van der Waals surface area (Å²) in [7, 11) is 0. The second-order valence-corrected chi connectivity index (χ2v) is 4.50. The average molecular weight is 214 g/mol. The standard InChI is InChI=1S/C10H12ClNO2/c1-10(2,3)7-4-8(11)12-5-6(7)9(13)14/h4-5H,1-3H3,(H,13,14). The van der Waals surface area contributed by atoms with Crippen LogP contribution in [-0.4, -0.2) is 16.1 Å². The van der Waals surface area contributed by atoms with Crippen LogP contribution < -0.4 is 0 Å². The van der Waals surface area contributed by atoms with Gasteiger partial charge in [0.2, 0.25) is 0 Å². The van der Waals surface area contributed by atoms with Gasteiger partial charge in [0.05, 0.1) is 5.56 Å². The quantitative estimate of drug-likeness (QED) is 0.730. The number of carbonyl (C=O) groups is 1. The van der Waals surface area contributed by atoms with Crippen molar-refractivity contribution in [3.63, 3.8) is 0 Å². The van der Waals surface area contributed by atoms with E-state index in [9.17, 15) is 4.79 Å². The molecule has 0 radical (unpaired) electrons. The van der Waals surface area contributed by atoms with Crippen molar-refractivity contribution in [2.45, 2.75) is 26.2 Å². The van der Waals surface area contributed by atoms with E-state index in [1.54, 1.807) is 6.07 Å². The van der Waals surface area contributed by atoms with Crippen molar-refractivity contribution in [3.8, 4) is 0 Å². The molecule has 3 nitrogen and oxygen atoms in total. The fraction of sp³-hybridized carbons (Fsp3) is 0.400. The van der Waals surface area contributed by atoms with Gasteiger partial charge in [-0.2, -0.15) is 0 Å². The number of nitrogens with zero attached hydrogens (tertiary/aromatic N) is 1. The minimum Gasteiger partial charge on any atom is -0.478 e. The Bertz CT molecular complexity index is 369. The Morgan fingerprint density at radius 2 is 2.07 bits per heavy atom. The number of carboxylic acids is 1. The summed E-state index contributed by atoms with van der Waals surface area (Å²) in [5, 5.41) is 9.26. The van der Waals surface area contributed by atoms with Crippen molar-refractivity contribution in [3.05, 3.63) is 28.5 Å². The van der Waals surface area contributed by atoms with Gasteiger partial charge >= 0.3 is 5.97 Å². The Labute approximate surface area is 87.7 Å². The fourth-order valence-corrected chi connectivity index (χ4v) is 1.38. The highest BCUT2D eigenvalue weighted by Crippen LogP contribution is 2.27. The lowest BCUT2D eigenvalue weighted by Crippen LogP contribution is -2.17. The largest absolute Gasteiger partial charge is 0.478 e. The Kier molecular flexibility index (Phi) is 2.81. The van der Waals surface area contributed by atoms with Gasteiger partial charge in [-0.3, -0.25) is 0 Å². The minimum atomic E-state index is -0.973. The van der Waals surface area contributed by atoms with Crippen LogP contribution >= 0.6 is 11.6 Å². The minimum absolute atomic E-state index is 0.210. The fourth-order valence-electron chi connectivity index (χ4n) is 1.22. The summed E-state index contributed by atoms with van der Waals surface area (Å²) in [5.74, 6) is -0.973. The summed E-state index contributed by atoms with van der Waals surface area (Å²) in [4.78, 5) is 14.7. The zero-order valence-corrected chi connectivity index (χ0v) is 9.09. The first kappa shape index (κ1) is 11.0. The van der Waals surface area contributed by atoms with Gasteiger partial charge in [0.25, 0.3) is 0 Å². The molecular weight excluding hydrogens is 202 g/mol. The van der Waals surface area contributed by atoms with E-state index in [1.807, 2.05) is 20.8 Å². The van der Waals surface area contributed by atoms with Gasteiger partial charge in [-0.05, 0) is 17.0 Å². The van der Waals surface area contributed by atoms with E-state index >= 15 is 0 Å². The second-order valence-electron chi connectivity index (χ2n) is 4.11. The molecule has 0 bridgehead atoms. The van der Waals surface area contributed by atoms with Gasteiger partial charge in [-0.25, -0.2) is 9.78 Å². The Hall–Kier alpha value is -1.09. The Morgan fingerprint density at radius 1 is 1.50 bits per heavy atom. The molecule has 1 aromatic heterocycles. The number of aromatic nitrogens is 1. The van der Waals surface area contributed by atoms with Crippen LogP contribution in [0.5, 0.6) is 0 Å². The maximum Gasteiger partial charge on any atom is 0.337 e. The van der Waals surface area contributed by atoms with Crippen molar-refractivity contribution in [1.82, 2.24) is 4.98 Å². The molecule has 0 aliphatic rings. The first-order chi connectivity index (χ1) is 6.32. The first-order valence-electron chi connectivity index (χ1n) is 4.21. The highest BCUT2D eigenvalue weighted by molar-refractivity contribution is 6.29. The first-order valence-corrected chi connectivity index (χ1v) is 4.59. The van der Waals surface area contributed by atoms with E-state index in [1.165, 1.54) is 6.20 Å². The van der Waals surface area contributed by atoms with Crippen molar-refractivity contribution >= 4 is 17.6 Å². The molecule has 0 atom stereocenters. The molecule has 0 aliphatic heterocycles. The Morgan fingerprint density at radius 3 is 2.50 bits per heavy atom. The molecule has 14 heavy (non-hydrogen) atoms. The lowest BCUT2D eigenvalue weighted by Gasteiger charge is -2.20. The number of hydrogen-bond donors (Lipinski definition) is 1. The van der Waals surface area contributed by atoms with Crippen LogP contribution in [0.25, 0.3) is 0 Å². The smallest absolute Gasteiger partial charge is 0.337 e. The third-order valence-corrected chi connectivity index (χ3v) is 2.12.